The van der Waals surface area contributed by atoms with Gasteiger partial charge in [0.2, 0.25) is 17.6 Å². The number of likely N-dealkylation sites (tertiary alicyclic amines) is 1. The standard InChI is InChI=1S/C47H60FN9O7/c1-28-37(25-34(26-38(28)48)42(59)50-36-20-22-57(23-21-36)45(62)64-47(5,6)7)31-12-8-29(9-13-31)24-39(43(60)51-35-18-16-32(17-19-35)40-53-55-56-54-40)52-41(58)33-14-10-30(11-15-33)27-49-44(61)63-46(2,3)4/h8-9,12-13,16-19,25-26,30,33,36,39H,10-11,14-15,20-24,27H2,1-7H3,(H,49,61)(H,50,59)(H,51,60)(H,52,58)(H,53,54,55,56). The van der Waals surface area contributed by atoms with Gasteiger partial charge >= 0.3 is 12.2 Å². The highest BCUT2D eigenvalue weighted by atomic mass is 19.1. The molecule has 1 aliphatic carbocycles. The number of benzene rings is 3. The van der Waals surface area contributed by atoms with Crippen molar-refractivity contribution in [1.29, 1.82) is 0 Å². The van der Waals surface area contributed by atoms with Crippen molar-refractivity contribution in [1.82, 2.24) is 41.5 Å². The first-order chi connectivity index (χ1) is 30.3. The van der Waals surface area contributed by atoms with E-state index in [2.05, 4.69) is 41.9 Å². The molecule has 4 aromatic rings. The van der Waals surface area contributed by atoms with Crippen LogP contribution in [0.1, 0.15) is 102 Å². The van der Waals surface area contributed by atoms with E-state index in [9.17, 15) is 24.0 Å². The number of carbonyl (C=O) groups excluding carboxylic acids is 5. The van der Waals surface area contributed by atoms with Crippen LogP contribution < -0.4 is 21.3 Å². The topological polar surface area (TPSA) is 210 Å². The fourth-order valence-corrected chi connectivity index (χ4v) is 7.85. The van der Waals surface area contributed by atoms with E-state index in [1.807, 2.05) is 65.8 Å². The maximum absolute atomic E-state index is 15.4. The van der Waals surface area contributed by atoms with Crippen molar-refractivity contribution >= 4 is 35.6 Å². The zero-order valence-electron chi connectivity index (χ0n) is 37.7. The van der Waals surface area contributed by atoms with Gasteiger partial charge in [0.25, 0.3) is 5.91 Å². The van der Waals surface area contributed by atoms with Crippen molar-refractivity contribution < 1.29 is 37.8 Å². The largest absolute Gasteiger partial charge is 0.444 e. The van der Waals surface area contributed by atoms with Gasteiger partial charge in [0.15, 0.2) is 0 Å². The number of hydrogen-bond acceptors (Lipinski definition) is 10. The van der Waals surface area contributed by atoms with E-state index in [0.717, 1.165) is 18.4 Å². The maximum Gasteiger partial charge on any atom is 0.410 e. The van der Waals surface area contributed by atoms with Crippen LogP contribution in [0.3, 0.4) is 0 Å². The molecule has 1 saturated heterocycles. The summed E-state index contributed by atoms with van der Waals surface area (Å²) in [5.41, 5.74) is 2.52. The van der Waals surface area contributed by atoms with Crippen LogP contribution in [-0.4, -0.2) is 98.4 Å². The molecule has 0 spiro atoms. The molecular weight excluding hydrogens is 822 g/mol. The van der Waals surface area contributed by atoms with E-state index < -0.39 is 41.0 Å². The minimum absolute atomic E-state index is 0.163. The van der Waals surface area contributed by atoms with Crippen molar-refractivity contribution in [3.63, 3.8) is 0 Å². The van der Waals surface area contributed by atoms with Gasteiger partial charge < -0.3 is 35.6 Å². The summed E-state index contributed by atoms with van der Waals surface area (Å²) in [5.74, 6) is -1.27. The van der Waals surface area contributed by atoms with Crippen LogP contribution in [0.5, 0.6) is 0 Å². The predicted octanol–water partition coefficient (Wildman–Crippen LogP) is 7.11. The van der Waals surface area contributed by atoms with Gasteiger partial charge in [-0.25, -0.2) is 14.0 Å². The lowest BCUT2D eigenvalue weighted by Crippen LogP contribution is -2.48. The first-order valence-corrected chi connectivity index (χ1v) is 21.9. The molecule has 1 atom stereocenters. The van der Waals surface area contributed by atoms with Crippen LogP contribution in [0.2, 0.25) is 0 Å². The van der Waals surface area contributed by atoms with Gasteiger partial charge in [-0.3, -0.25) is 14.4 Å². The smallest absolute Gasteiger partial charge is 0.410 e. The summed E-state index contributed by atoms with van der Waals surface area (Å²) >= 11 is 0. The average Bonchev–Trinajstić information content (AvgIpc) is 3.79. The fourth-order valence-electron chi connectivity index (χ4n) is 7.85. The van der Waals surface area contributed by atoms with E-state index >= 15 is 4.39 Å². The van der Waals surface area contributed by atoms with Crippen molar-refractivity contribution in [2.45, 2.75) is 117 Å². The van der Waals surface area contributed by atoms with Gasteiger partial charge in [-0.1, -0.05) is 24.3 Å². The van der Waals surface area contributed by atoms with E-state index in [0.29, 0.717) is 79.1 Å². The number of aromatic nitrogens is 4. The third-order valence-corrected chi connectivity index (χ3v) is 11.3. The number of nitrogens with zero attached hydrogens (tertiary/aromatic N) is 4. The summed E-state index contributed by atoms with van der Waals surface area (Å²) in [5, 5.41) is 25.8. The second kappa shape index (κ2) is 20.4. The van der Waals surface area contributed by atoms with Crippen molar-refractivity contribution in [2.24, 2.45) is 11.8 Å². The molecule has 1 aromatic heterocycles. The van der Waals surface area contributed by atoms with Crippen LogP contribution in [0.25, 0.3) is 22.5 Å². The summed E-state index contributed by atoms with van der Waals surface area (Å²) in [6.45, 7) is 13.8. The third-order valence-electron chi connectivity index (χ3n) is 11.3. The highest BCUT2D eigenvalue weighted by Gasteiger charge is 2.31. The summed E-state index contributed by atoms with van der Waals surface area (Å²) in [6, 6.07) is 16.0. The van der Waals surface area contributed by atoms with Gasteiger partial charge in [-0.15, -0.1) is 10.2 Å². The Labute approximate surface area is 373 Å². The van der Waals surface area contributed by atoms with Gasteiger partial charge in [0.05, 0.1) is 0 Å². The molecule has 2 fully saturated rings. The summed E-state index contributed by atoms with van der Waals surface area (Å²) < 4.78 is 26.3. The Morgan fingerprint density at radius 2 is 1.48 bits per heavy atom. The molecule has 2 heterocycles. The molecule has 1 saturated carbocycles. The molecule has 0 radical (unpaired) electrons. The van der Waals surface area contributed by atoms with Crippen LogP contribution in [0, 0.1) is 24.6 Å². The van der Waals surface area contributed by atoms with Crippen LogP contribution >= 0.6 is 0 Å². The maximum atomic E-state index is 15.4. The number of rotatable bonds is 12. The molecule has 64 heavy (non-hydrogen) atoms. The summed E-state index contributed by atoms with van der Waals surface area (Å²) in [6.07, 6.45) is 3.06. The highest BCUT2D eigenvalue weighted by molar-refractivity contribution is 5.98. The van der Waals surface area contributed by atoms with Gasteiger partial charge in [0, 0.05) is 54.8 Å². The van der Waals surface area contributed by atoms with Crippen molar-refractivity contribution in [2.75, 3.05) is 25.0 Å². The highest BCUT2D eigenvalue weighted by Crippen LogP contribution is 2.30. The van der Waals surface area contributed by atoms with Gasteiger partial charge in [0.1, 0.15) is 23.1 Å². The van der Waals surface area contributed by atoms with E-state index in [-0.39, 0.29) is 41.9 Å². The molecule has 0 bridgehead atoms. The molecule has 6 rings (SSSR count). The number of alkyl carbamates (subject to hydrolysis) is 1. The number of halogens is 1. The van der Waals surface area contributed by atoms with Gasteiger partial charge in [-0.05, 0) is 157 Å². The van der Waals surface area contributed by atoms with Gasteiger partial charge in [-0.2, -0.15) is 5.21 Å². The number of H-pyrrole nitrogens is 1. The quantitative estimate of drug-likeness (QED) is 0.0974. The molecular formula is C47H60FN9O7. The number of carbonyl (C=O) groups is 5. The zero-order chi connectivity index (χ0) is 46.2. The van der Waals surface area contributed by atoms with E-state index in [1.54, 1.807) is 42.2 Å². The van der Waals surface area contributed by atoms with Crippen LogP contribution in [0.4, 0.5) is 19.7 Å². The van der Waals surface area contributed by atoms with E-state index in [4.69, 9.17) is 9.47 Å². The first-order valence-electron chi connectivity index (χ1n) is 21.9. The Morgan fingerprint density at radius 1 is 0.844 bits per heavy atom. The molecule has 1 unspecified atom stereocenters. The molecule has 3 aromatic carbocycles. The van der Waals surface area contributed by atoms with E-state index in [1.165, 1.54) is 6.07 Å². The minimum Gasteiger partial charge on any atom is -0.444 e. The normalized spacial score (nSPS) is 17.5. The van der Waals surface area contributed by atoms with Crippen LogP contribution in [0.15, 0.2) is 60.7 Å². The SMILES string of the molecule is Cc1c(F)cc(C(=O)NC2CCN(C(=O)OC(C)(C)C)CC2)cc1-c1ccc(CC(NC(=O)C2CCC(CNC(=O)OC(C)(C)C)CC2)C(=O)Nc2ccc(-c3nn[nH]n3)cc2)cc1. The minimum atomic E-state index is -0.941. The number of aromatic amines is 1. The number of anilines is 1. The molecule has 17 heteroatoms. The Kier molecular flexibility index (Phi) is 15.0. The molecule has 5 N–H and O–H groups in total. The second-order valence-corrected chi connectivity index (χ2v) is 18.7. The number of tetrazole rings is 1. The van der Waals surface area contributed by atoms with Crippen LogP contribution in [-0.2, 0) is 25.5 Å². The van der Waals surface area contributed by atoms with Crippen molar-refractivity contribution in [3.8, 4) is 22.5 Å². The molecule has 5 amide bonds. The summed E-state index contributed by atoms with van der Waals surface area (Å²) in [4.78, 5) is 67.5. The third kappa shape index (κ3) is 13.3. The lowest BCUT2D eigenvalue weighted by atomic mass is 9.81. The Hall–Kier alpha value is -6.39. The monoisotopic (exact) mass is 881 g/mol. The number of ether oxygens (including phenoxy) is 2. The first kappa shape index (κ1) is 47.1. The Balaban J connectivity index is 1.11. The number of hydrogen-bond donors (Lipinski definition) is 5. The molecule has 16 nitrogen and oxygen atoms in total. The number of nitrogens with one attached hydrogen (secondary N) is 5. The summed E-state index contributed by atoms with van der Waals surface area (Å²) in [7, 11) is 0. The molecule has 2 aliphatic rings. The second-order valence-electron chi connectivity index (χ2n) is 18.7. The lowest BCUT2D eigenvalue weighted by Gasteiger charge is -2.33. The number of amides is 5. The lowest BCUT2D eigenvalue weighted by molar-refractivity contribution is -0.130. The Bertz CT molecular complexity index is 2260. The fraction of sp³-hybridized carbons (Fsp3) is 0.489. The zero-order valence-corrected chi connectivity index (χ0v) is 37.7. The molecule has 342 valence electrons. The average molecular weight is 882 g/mol. The number of piperidine rings is 1. The predicted molar refractivity (Wildman–Crippen MR) is 238 cm³/mol. The molecule has 1 aliphatic heterocycles. The van der Waals surface area contributed by atoms with Crippen molar-refractivity contribution in [3.05, 3.63) is 83.2 Å². The Morgan fingerprint density at radius 3 is 2.09 bits per heavy atom.